The first kappa shape index (κ1) is 13.6. The van der Waals surface area contributed by atoms with Crippen molar-refractivity contribution in [3.05, 3.63) is 10.6 Å². The fourth-order valence-electron chi connectivity index (χ4n) is 0.852. The monoisotopic (exact) mass is 243 g/mol. The molecule has 0 aliphatic rings. The van der Waals surface area contributed by atoms with E-state index in [1.54, 1.807) is 18.7 Å². The first-order valence-corrected chi connectivity index (χ1v) is 6.09. The highest BCUT2D eigenvalue weighted by atomic mass is 35.5. The summed E-state index contributed by atoms with van der Waals surface area (Å²) in [7, 11) is 0. The zero-order chi connectivity index (χ0) is 10.3. The third kappa shape index (κ3) is 7.65. The summed E-state index contributed by atoms with van der Waals surface area (Å²) in [5, 5.41) is 13.3. The van der Waals surface area contributed by atoms with Gasteiger partial charge < -0.3 is 10.4 Å². The fraction of sp³-hybridized carbons (Fsp3) is 0.750. The van der Waals surface area contributed by atoms with Crippen LogP contribution in [0, 0.1) is 0 Å². The molecule has 0 aliphatic heterocycles. The van der Waals surface area contributed by atoms with E-state index in [1.807, 2.05) is 6.26 Å². The lowest BCUT2D eigenvalue weighted by atomic mass is 10.1. The molecular formula is C8H15Cl2NOS. The Bertz CT molecular complexity index is 174. The lowest BCUT2D eigenvalue weighted by Crippen LogP contribution is -2.40. The highest BCUT2D eigenvalue weighted by Gasteiger charge is 2.18. The molecule has 5 heteroatoms. The quantitative estimate of drug-likeness (QED) is 0.749. The maximum atomic E-state index is 9.72. The van der Waals surface area contributed by atoms with Gasteiger partial charge in [-0.3, -0.25) is 0 Å². The van der Waals surface area contributed by atoms with E-state index in [1.165, 1.54) is 5.54 Å². The van der Waals surface area contributed by atoms with Gasteiger partial charge in [0, 0.05) is 29.4 Å². The van der Waals surface area contributed by atoms with Gasteiger partial charge in [-0.1, -0.05) is 23.2 Å². The van der Waals surface area contributed by atoms with Crippen LogP contribution in [0.15, 0.2) is 10.6 Å². The summed E-state index contributed by atoms with van der Waals surface area (Å²) in [6.07, 6.45) is 1.96. The molecule has 0 saturated carbocycles. The second kappa shape index (κ2) is 6.96. The summed E-state index contributed by atoms with van der Waals surface area (Å²) in [5.41, 5.74) is 0.626. The third-order valence-corrected chi connectivity index (χ3v) is 2.90. The summed E-state index contributed by atoms with van der Waals surface area (Å²) >= 11 is 12.6. The molecular weight excluding hydrogens is 229 g/mol. The summed E-state index contributed by atoms with van der Waals surface area (Å²) in [6, 6.07) is 0. The average molecular weight is 244 g/mol. The molecule has 0 aromatic rings. The van der Waals surface area contributed by atoms with Crippen LogP contribution in [-0.2, 0) is 0 Å². The van der Waals surface area contributed by atoms with E-state index in [2.05, 4.69) is 5.32 Å². The highest BCUT2D eigenvalue weighted by molar-refractivity contribution is 7.98. The molecule has 0 saturated heterocycles. The molecule has 0 aromatic carbocycles. The van der Waals surface area contributed by atoms with Crippen LogP contribution in [-0.4, -0.2) is 35.8 Å². The molecule has 0 bridgehead atoms. The van der Waals surface area contributed by atoms with Gasteiger partial charge >= 0.3 is 0 Å². The number of halogens is 2. The van der Waals surface area contributed by atoms with Gasteiger partial charge in [-0.25, -0.2) is 0 Å². The molecule has 0 aliphatic carbocycles. The lowest BCUT2D eigenvalue weighted by molar-refractivity contribution is 0.0860. The minimum absolute atomic E-state index is 0.496. The largest absolute Gasteiger partial charge is 0.388 e. The van der Waals surface area contributed by atoms with Crippen molar-refractivity contribution >= 4 is 35.0 Å². The molecule has 0 rings (SSSR count). The lowest BCUT2D eigenvalue weighted by Gasteiger charge is -2.22. The predicted molar refractivity (Wildman–Crippen MR) is 61.7 cm³/mol. The maximum Gasteiger partial charge on any atom is 0.0833 e. The number of hydrogen-bond donors (Lipinski definition) is 2. The SMILES string of the molecule is CSCC(C)(O)CNCC(Cl)=CCl. The first-order valence-electron chi connectivity index (χ1n) is 3.88. The van der Waals surface area contributed by atoms with Crippen LogP contribution in [0.5, 0.6) is 0 Å². The molecule has 78 valence electrons. The van der Waals surface area contributed by atoms with Crippen molar-refractivity contribution < 1.29 is 5.11 Å². The smallest absolute Gasteiger partial charge is 0.0833 e. The Kier molecular flexibility index (Phi) is 7.27. The summed E-state index contributed by atoms with van der Waals surface area (Å²) in [5.74, 6) is 0.697. The Balaban J connectivity index is 3.63. The second-order valence-corrected chi connectivity index (χ2v) is 4.66. The minimum atomic E-state index is -0.692. The number of aliphatic hydroxyl groups is 1. The summed E-state index contributed by atoms with van der Waals surface area (Å²) < 4.78 is 0. The minimum Gasteiger partial charge on any atom is -0.388 e. The molecule has 13 heavy (non-hydrogen) atoms. The van der Waals surface area contributed by atoms with Gasteiger partial charge in [-0.15, -0.1) is 0 Å². The van der Waals surface area contributed by atoms with E-state index >= 15 is 0 Å². The van der Waals surface area contributed by atoms with E-state index < -0.39 is 5.60 Å². The molecule has 1 unspecified atom stereocenters. The molecule has 0 fully saturated rings. The van der Waals surface area contributed by atoms with Crippen molar-refractivity contribution in [2.45, 2.75) is 12.5 Å². The van der Waals surface area contributed by atoms with Gasteiger partial charge in [0.1, 0.15) is 0 Å². The second-order valence-electron chi connectivity index (χ2n) is 3.09. The first-order chi connectivity index (χ1) is 6.02. The van der Waals surface area contributed by atoms with Gasteiger partial charge in [0.2, 0.25) is 0 Å². The Morgan fingerprint density at radius 3 is 2.77 bits per heavy atom. The molecule has 0 radical (unpaired) electrons. The Morgan fingerprint density at radius 1 is 1.69 bits per heavy atom. The molecule has 0 amide bonds. The van der Waals surface area contributed by atoms with E-state index in [0.29, 0.717) is 23.9 Å². The van der Waals surface area contributed by atoms with Crippen molar-refractivity contribution in [2.75, 3.05) is 25.1 Å². The molecule has 0 aromatic heterocycles. The van der Waals surface area contributed by atoms with Crippen molar-refractivity contribution in [3.63, 3.8) is 0 Å². The van der Waals surface area contributed by atoms with E-state index in [9.17, 15) is 5.11 Å². The molecule has 2 nitrogen and oxygen atoms in total. The zero-order valence-corrected chi connectivity index (χ0v) is 10.1. The van der Waals surface area contributed by atoms with Crippen molar-refractivity contribution in [1.82, 2.24) is 5.32 Å². The van der Waals surface area contributed by atoms with Crippen LogP contribution < -0.4 is 5.32 Å². The van der Waals surface area contributed by atoms with Crippen LogP contribution in [0.25, 0.3) is 0 Å². The highest BCUT2D eigenvalue weighted by Crippen LogP contribution is 2.09. The van der Waals surface area contributed by atoms with Gasteiger partial charge in [0.15, 0.2) is 0 Å². The van der Waals surface area contributed by atoms with Crippen LogP contribution in [0.1, 0.15) is 6.92 Å². The van der Waals surface area contributed by atoms with Gasteiger partial charge in [0.05, 0.1) is 5.60 Å². The number of hydrogen-bond acceptors (Lipinski definition) is 3. The molecule has 0 spiro atoms. The maximum absolute atomic E-state index is 9.72. The van der Waals surface area contributed by atoms with Gasteiger partial charge in [-0.2, -0.15) is 11.8 Å². The molecule has 1 atom stereocenters. The van der Waals surface area contributed by atoms with Gasteiger partial charge in [0.25, 0.3) is 0 Å². The van der Waals surface area contributed by atoms with E-state index in [4.69, 9.17) is 23.2 Å². The van der Waals surface area contributed by atoms with E-state index in [-0.39, 0.29) is 0 Å². The standard InChI is InChI=1S/C8H15Cl2NOS/c1-8(12,6-13-2)5-11-4-7(10)3-9/h3,11-12H,4-6H2,1-2H3. The van der Waals surface area contributed by atoms with Crippen molar-refractivity contribution in [2.24, 2.45) is 0 Å². The number of nitrogens with one attached hydrogen (secondary N) is 1. The summed E-state index contributed by atoms with van der Waals surface area (Å²) in [6.45, 7) is 2.79. The third-order valence-electron chi connectivity index (χ3n) is 1.37. The van der Waals surface area contributed by atoms with Crippen LogP contribution in [0.4, 0.5) is 0 Å². The topological polar surface area (TPSA) is 32.3 Å². The Morgan fingerprint density at radius 2 is 2.31 bits per heavy atom. The van der Waals surface area contributed by atoms with Crippen LogP contribution in [0.2, 0.25) is 0 Å². The number of rotatable bonds is 6. The van der Waals surface area contributed by atoms with Crippen molar-refractivity contribution in [1.29, 1.82) is 0 Å². The van der Waals surface area contributed by atoms with E-state index in [0.717, 1.165) is 0 Å². The Labute approximate surface area is 93.7 Å². The van der Waals surface area contributed by atoms with Crippen LogP contribution in [0.3, 0.4) is 0 Å². The van der Waals surface area contributed by atoms with Crippen molar-refractivity contribution in [3.8, 4) is 0 Å². The Hall–Kier alpha value is 0.590. The normalized spacial score (nSPS) is 17.2. The van der Waals surface area contributed by atoms with Gasteiger partial charge in [-0.05, 0) is 13.2 Å². The predicted octanol–water partition coefficient (Wildman–Crippen LogP) is 2.01. The zero-order valence-electron chi connectivity index (χ0n) is 7.81. The van der Waals surface area contributed by atoms with Crippen LogP contribution >= 0.6 is 35.0 Å². The summed E-state index contributed by atoms with van der Waals surface area (Å²) in [4.78, 5) is 0. The molecule has 2 N–H and O–H groups in total. The number of thioether (sulfide) groups is 1. The fourth-order valence-corrected chi connectivity index (χ4v) is 1.75. The molecule has 0 heterocycles. The average Bonchev–Trinajstić information content (AvgIpc) is 2.03.